The van der Waals surface area contributed by atoms with Gasteiger partial charge < -0.3 is 19.8 Å². The Labute approximate surface area is 110 Å². The van der Waals surface area contributed by atoms with Crippen LogP contribution >= 0.6 is 11.6 Å². The molecule has 2 rings (SSSR count). The molecule has 0 bridgehead atoms. The van der Waals surface area contributed by atoms with Crippen molar-refractivity contribution in [3.05, 3.63) is 35.4 Å². The van der Waals surface area contributed by atoms with Gasteiger partial charge in [-0.1, -0.05) is 11.6 Å². The number of aromatic amines is 1. The summed E-state index contributed by atoms with van der Waals surface area (Å²) in [5.74, 6) is 1.24. The van der Waals surface area contributed by atoms with E-state index in [2.05, 4.69) is 15.3 Å². The van der Waals surface area contributed by atoms with Gasteiger partial charge in [0.1, 0.15) is 0 Å². The highest BCUT2D eigenvalue weighted by atomic mass is 35.5. The number of hydrogen-bond acceptors (Lipinski definition) is 4. The normalized spacial score (nSPS) is 10.2. The second-order valence-corrected chi connectivity index (χ2v) is 4.02. The minimum absolute atomic E-state index is 0.576. The van der Waals surface area contributed by atoms with Crippen LogP contribution in [0.2, 0.25) is 5.02 Å². The zero-order chi connectivity index (χ0) is 13.0. The van der Waals surface area contributed by atoms with E-state index < -0.39 is 0 Å². The molecule has 6 heteroatoms. The van der Waals surface area contributed by atoms with Crippen molar-refractivity contribution in [3.8, 4) is 11.5 Å². The fraction of sp³-hybridized carbons (Fsp3) is 0.250. The van der Waals surface area contributed by atoms with Crippen LogP contribution in [0, 0.1) is 0 Å². The maximum absolute atomic E-state index is 6.15. The SMILES string of the molecule is COc1cc(Cl)c(NCc2cnc[nH]2)cc1OC. The molecule has 0 amide bonds. The standard InChI is InChI=1S/C12H14ClN3O2/c1-17-11-3-9(13)10(4-12(11)18-2)15-6-8-5-14-7-16-8/h3-5,7,15H,6H2,1-2H3,(H,14,16). The Morgan fingerprint density at radius 2 is 2.00 bits per heavy atom. The van der Waals surface area contributed by atoms with E-state index in [0.717, 1.165) is 11.4 Å². The molecule has 2 N–H and O–H groups in total. The van der Waals surface area contributed by atoms with Crippen LogP contribution in [0.4, 0.5) is 5.69 Å². The molecule has 0 unspecified atom stereocenters. The summed E-state index contributed by atoms with van der Waals surface area (Å²) in [6.45, 7) is 0.606. The van der Waals surface area contributed by atoms with Gasteiger partial charge in [0, 0.05) is 18.3 Å². The predicted molar refractivity (Wildman–Crippen MR) is 70.5 cm³/mol. The molecule has 0 aliphatic carbocycles. The van der Waals surface area contributed by atoms with Crippen LogP contribution in [0.1, 0.15) is 5.69 Å². The number of H-pyrrole nitrogens is 1. The van der Waals surface area contributed by atoms with Crippen LogP contribution in [0.15, 0.2) is 24.7 Å². The Morgan fingerprint density at radius 3 is 2.61 bits per heavy atom. The van der Waals surface area contributed by atoms with Gasteiger partial charge in [0.2, 0.25) is 0 Å². The monoisotopic (exact) mass is 267 g/mol. The number of methoxy groups -OCH3 is 2. The molecule has 0 saturated carbocycles. The molecule has 0 aliphatic heterocycles. The first-order chi connectivity index (χ1) is 8.74. The summed E-state index contributed by atoms with van der Waals surface area (Å²) >= 11 is 6.15. The number of ether oxygens (including phenoxy) is 2. The Bertz CT molecular complexity index is 514. The number of rotatable bonds is 5. The zero-order valence-corrected chi connectivity index (χ0v) is 10.9. The molecule has 1 aromatic carbocycles. The van der Waals surface area contributed by atoms with Crippen molar-refractivity contribution in [2.45, 2.75) is 6.54 Å². The number of nitrogens with one attached hydrogen (secondary N) is 2. The van der Waals surface area contributed by atoms with Crippen LogP contribution in [-0.4, -0.2) is 24.2 Å². The lowest BCUT2D eigenvalue weighted by atomic mass is 10.2. The Hall–Kier alpha value is -1.88. The molecule has 96 valence electrons. The molecular formula is C12H14ClN3O2. The Balaban J connectivity index is 2.17. The van der Waals surface area contributed by atoms with E-state index in [1.165, 1.54) is 0 Å². The third-order valence-corrected chi connectivity index (χ3v) is 2.81. The molecular weight excluding hydrogens is 254 g/mol. The largest absolute Gasteiger partial charge is 0.493 e. The van der Waals surface area contributed by atoms with Crippen molar-refractivity contribution in [2.75, 3.05) is 19.5 Å². The molecule has 18 heavy (non-hydrogen) atoms. The first kappa shape index (κ1) is 12.6. The van der Waals surface area contributed by atoms with Gasteiger partial charge in [0.05, 0.1) is 43.5 Å². The quantitative estimate of drug-likeness (QED) is 0.874. The van der Waals surface area contributed by atoms with Gasteiger partial charge in [0.25, 0.3) is 0 Å². The van der Waals surface area contributed by atoms with Crippen LogP contribution < -0.4 is 14.8 Å². The van der Waals surface area contributed by atoms with Crippen LogP contribution in [0.3, 0.4) is 0 Å². The fourth-order valence-corrected chi connectivity index (χ4v) is 1.78. The van der Waals surface area contributed by atoms with Crippen LogP contribution in [-0.2, 0) is 6.54 Å². The first-order valence-electron chi connectivity index (χ1n) is 5.37. The van der Waals surface area contributed by atoms with Crippen LogP contribution in [0.5, 0.6) is 11.5 Å². The molecule has 2 aromatic rings. The van der Waals surface area contributed by atoms with Gasteiger partial charge in [-0.25, -0.2) is 4.98 Å². The highest BCUT2D eigenvalue weighted by Gasteiger charge is 2.09. The predicted octanol–water partition coefficient (Wildman–Crippen LogP) is 2.69. The van der Waals surface area contributed by atoms with E-state index in [4.69, 9.17) is 21.1 Å². The van der Waals surface area contributed by atoms with Gasteiger partial charge in [-0.2, -0.15) is 0 Å². The zero-order valence-electron chi connectivity index (χ0n) is 10.2. The van der Waals surface area contributed by atoms with Crippen molar-refractivity contribution in [3.63, 3.8) is 0 Å². The summed E-state index contributed by atoms with van der Waals surface area (Å²) in [5.41, 5.74) is 1.75. The maximum Gasteiger partial charge on any atom is 0.162 e. The molecule has 0 saturated heterocycles. The topological polar surface area (TPSA) is 59.2 Å². The lowest BCUT2D eigenvalue weighted by Gasteiger charge is -2.12. The fourth-order valence-electron chi connectivity index (χ4n) is 1.56. The number of hydrogen-bond donors (Lipinski definition) is 2. The minimum atomic E-state index is 0.576. The van der Waals surface area contributed by atoms with E-state index in [9.17, 15) is 0 Å². The van der Waals surface area contributed by atoms with Crippen molar-refractivity contribution < 1.29 is 9.47 Å². The Kier molecular flexibility index (Phi) is 3.94. The van der Waals surface area contributed by atoms with E-state index >= 15 is 0 Å². The smallest absolute Gasteiger partial charge is 0.162 e. The van der Waals surface area contributed by atoms with Gasteiger partial charge in [-0.05, 0) is 0 Å². The number of imidazole rings is 1. The summed E-state index contributed by atoms with van der Waals surface area (Å²) in [7, 11) is 3.16. The van der Waals surface area contributed by atoms with E-state index in [1.807, 2.05) is 0 Å². The number of aromatic nitrogens is 2. The molecule has 0 aliphatic rings. The molecule has 0 atom stereocenters. The second-order valence-electron chi connectivity index (χ2n) is 3.62. The van der Waals surface area contributed by atoms with Crippen molar-refractivity contribution in [1.82, 2.24) is 9.97 Å². The molecule has 0 radical (unpaired) electrons. The van der Waals surface area contributed by atoms with Gasteiger partial charge in [-0.15, -0.1) is 0 Å². The average Bonchev–Trinajstić information content (AvgIpc) is 2.90. The highest BCUT2D eigenvalue weighted by Crippen LogP contribution is 2.36. The number of anilines is 1. The van der Waals surface area contributed by atoms with E-state index in [0.29, 0.717) is 23.1 Å². The summed E-state index contributed by atoms with van der Waals surface area (Å²) in [4.78, 5) is 6.95. The molecule has 5 nitrogen and oxygen atoms in total. The number of halogens is 1. The summed E-state index contributed by atoms with van der Waals surface area (Å²) in [6, 6.07) is 3.52. The van der Waals surface area contributed by atoms with Gasteiger partial charge in [-0.3, -0.25) is 0 Å². The lowest BCUT2D eigenvalue weighted by molar-refractivity contribution is 0.355. The van der Waals surface area contributed by atoms with E-state index in [-0.39, 0.29) is 0 Å². The third kappa shape index (κ3) is 2.68. The third-order valence-electron chi connectivity index (χ3n) is 2.50. The summed E-state index contributed by atoms with van der Waals surface area (Å²) in [6.07, 6.45) is 3.38. The Morgan fingerprint density at radius 1 is 1.28 bits per heavy atom. The summed E-state index contributed by atoms with van der Waals surface area (Å²) < 4.78 is 10.4. The molecule has 0 spiro atoms. The first-order valence-corrected chi connectivity index (χ1v) is 5.75. The average molecular weight is 268 g/mol. The molecule has 1 heterocycles. The molecule has 1 aromatic heterocycles. The second kappa shape index (κ2) is 5.64. The van der Waals surface area contributed by atoms with Crippen molar-refractivity contribution in [1.29, 1.82) is 0 Å². The number of nitrogens with zero attached hydrogens (tertiary/aromatic N) is 1. The van der Waals surface area contributed by atoms with Crippen LogP contribution in [0.25, 0.3) is 0 Å². The van der Waals surface area contributed by atoms with Gasteiger partial charge >= 0.3 is 0 Å². The summed E-state index contributed by atoms with van der Waals surface area (Å²) in [5, 5.41) is 3.78. The minimum Gasteiger partial charge on any atom is -0.493 e. The highest BCUT2D eigenvalue weighted by molar-refractivity contribution is 6.33. The van der Waals surface area contributed by atoms with Gasteiger partial charge in [0.15, 0.2) is 11.5 Å². The number of benzene rings is 1. The molecule has 0 fully saturated rings. The van der Waals surface area contributed by atoms with Crippen molar-refractivity contribution in [2.24, 2.45) is 0 Å². The van der Waals surface area contributed by atoms with Crippen molar-refractivity contribution >= 4 is 17.3 Å². The maximum atomic E-state index is 6.15. The van der Waals surface area contributed by atoms with E-state index in [1.54, 1.807) is 38.9 Å². The lowest BCUT2D eigenvalue weighted by Crippen LogP contribution is -2.01.